The summed E-state index contributed by atoms with van der Waals surface area (Å²) in [5, 5.41) is 21.0. The fraction of sp³-hybridized carbons (Fsp3) is 1.00. The van der Waals surface area contributed by atoms with Crippen LogP contribution in [0.5, 0.6) is 0 Å². The highest BCUT2D eigenvalue weighted by Crippen LogP contribution is 2.23. The van der Waals surface area contributed by atoms with E-state index < -0.39 is 0 Å². The Hall–Kier alpha value is 0.130. The van der Waals surface area contributed by atoms with Crippen LogP contribution in [0.15, 0.2) is 0 Å². The van der Waals surface area contributed by atoms with Gasteiger partial charge in [0.1, 0.15) is 0 Å². The molecule has 4 atom stereocenters. The average Bonchev–Trinajstić information content (AvgIpc) is 2.48. The first-order chi connectivity index (χ1) is 9.22. The van der Waals surface area contributed by atoms with Crippen LogP contribution >= 0.6 is 12.4 Å². The minimum absolute atomic E-state index is 0. The third-order valence-electron chi connectivity index (χ3n) is 4.72. The number of hydrogen-bond donors (Lipinski definition) is 4. The minimum atomic E-state index is 0. The van der Waals surface area contributed by atoms with Crippen LogP contribution in [0.4, 0.5) is 0 Å². The maximum atomic E-state index is 8.95. The molecule has 2 saturated carbocycles. The first-order valence-corrected chi connectivity index (χ1v) is 7.87. The number of rotatable bonds is 3. The van der Waals surface area contributed by atoms with E-state index in [4.69, 9.17) is 15.9 Å². The van der Waals surface area contributed by atoms with Crippen molar-refractivity contribution in [2.24, 2.45) is 17.6 Å². The van der Waals surface area contributed by atoms with E-state index in [1.807, 2.05) is 7.05 Å². The molecule has 2 fully saturated rings. The molecule has 0 heterocycles. The molecule has 5 N–H and O–H groups in total. The zero-order valence-corrected chi connectivity index (χ0v) is 13.6. The quantitative estimate of drug-likeness (QED) is 0.639. The van der Waals surface area contributed by atoms with E-state index in [2.05, 4.69) is 5.32 Å². The predicted octanol–water partition coefficient (Wildman–Crippen LogP) is 1.67. The average molecular weight is 309 g/mol. The van der Waals surface area contributed by atoms with E-state index in [0.29, 0.717) is 24.5 Å². The number of nitrogens with two attached hydrogens (primary N) is 1. The van der Waals surface area contributed by atoms with Crippen molar-refractivity contribution >= 4 is 12.4 Å². The lowest BCUT2D eigenvalue weighted by molar-refractivity contribution is 0.157. The van der Waals surface area contributed by atoms with Crippen LogP contribution in [0.2, 0.25) is 0 Å². The monoisotopic (exact) mass is 308 g/mol. The van der Waals surface area contributed by atoms with Gasteiger partial charge in [-0.15, -0.1) is 12.4 Å². The summed E-state index contributed by atoms with van der Waals surface area (Å²) >= 11 is 0. The van der Waals surface area contributed by atoms with Gasteiger partial charge >= 0.3 is 0 Å². The Kier molecular flexibility index (Phi) is 11.8. The molecule has 2 aliphatic rings. The number of nitrogens with one attached hydrogen (secondary N) is 1. The Labute approximate surface area is 129 Å². The fourth-order valence-electron chi connectivity index (χ4n) is 3.27. The smallest absolute Gasteiger partial charge is 0.0474 e. The zero-order chi connectivity index (χ0) is 14.1. The van der Waals surface area contributed by atoms with E-state index in [9.17, 15) is 0 Å². The van der Waals surface area contributed by atoms with Gasteiger partial charge in [-0.05, 0) is 44.6 Å². The molecule has 0 aromatic rings. The molecule has 4 nitrogen and oxygen atoms in total. The van der Waals surface area contributed by atoms with Gasteiger partial charge in [0.25, 0.3) is 0 Å². The van der Waals surface area contributed by atoms with Crippen molar-refractivity contribution in [2.45, 2.75) is 63.5 Å². The minimum Gasteiger partial charge on any atom is -0.396 e. The number of halogens is 1. The summed E-state index contributed by atoms with van der Waals surface area (Å²) in [6, 6.07) is 0.836. The standard InChI is InChI=1S/C8H17NO.C7H15NO.ClH/c1-9-8-5-3-2-4-7(8)6-10;8-7-4-2-1-3-6(7)5-9;/h7-10H,2-6H2,1H3;6-7,9H,1-5,8H2;1H/t7-,8-;6-,7-;/m11./s1. The summed E-state index contributed by atoms with van der Waals surface area (Å²) in [7, 11) is 1.98. The van der Waals surface area contributed by atoms with Crippen molar-refractivity contribution in [3.8, 4) is 0 Å². The molecular formula is C15H33ClN2O2. The second kappa shape index (κ2) is 11.8. The molecule has 0 bridgehead atoms. The highest BCUT2D eigenvalue weighted by atomic mass is 35.5. The van der Waals surface area contributed by atoms with Crippen LogP contribution in [0, 0.1) is 11.8 Å². The molecular weight excluding hydrogens is 276 g/mol. The van der Waals surface area contributed by atoms with Gasteiger partial charge in [0.15, 0.2) is 0 Å². The van der Waals surface area contributed by atoms with Gasteiger partial charge in [-0.3, -0.25) is 0 Å². The van der Waals surface area contributed by atoms with E-state index in [0.717, 1.165) is 12.8 Å². The van der Waals surface area contributed by atoms with Gasteiger partial charge in [0.2, 0.25) is 0 Å². The largest absolute Gasteiger partial charge is 0.396 e. The van der Waals surface area contributed by atoms with Crippen LogP contribution in [-0.2, 0) is 0 Å². The molecule has 20 heavy (non-hydrogen) atoms. The van der Waals surface area contributed by atoms with Crippen molar-refractivity contribution in [1.82, 2.24) is 5.32 Å². The zero-order valence-electron chi connectivity index (χ0n) is 12.8. The molecule has 0 saturated heterocycles. The molecule has 2 aliphatic carbocycles. The first-order valence-electron chi connectivity index (χ1n) is 7.87. The topological polar surface area (TPSA) is 78.5 Å². The van der Waals surface area contributed by atoms with Crippen LogP contribution in [-0.4, -0.2) is 42.6 Å². The van der Waals surface area contributed by atoms with Crippen molar-refractivity contribution in [1.29, 1.82) is 0 Å². The van der Waals surface area contributed by atoms with Gasteiger partial charge < -0.3 is 21.3 Å². The maximum absolute atomic E-state index is 8.95. The molecule has 0 unspecified atom stereocenters. The highest BCUT2D eigenvalue weighted by Gasteiger charge is 2.22. The summed E-state index contributed by atoms with van der Waals surface area (Å²) in [5.74, 6) is 0.900. The van der Waals surface area contributed by atoms with E-state index in [1.165, 1.54) is 38.5 Å². The second-order valence-electron chi connectivity index (χ2n) is 6.01. The van der Waals surface area contributed by atoms with Gasteiger partial charge in [-0.1, -0.05) is 25.7 Å². The van der Waals surface area contributed by atoms with E-state index in [-0.39, 0.29) is 25.1 Å². The number of aliphatic hydroxyl groups excluding tert-OH is 2. The third-order valence-corrected chi connectivity index (χ3v) is 4.72. The lowest BCUT2D eigenvalue weighted by atomic mass is 9.85. The first kappa shape index (κ1) is 20.1. The van der Waals surface area contributed by atoms with Crippen molar-refractivity contribution in [2.75, 3.05) is 20.3 Å². The van der Waals surface area contributed by atoms with Gasteiger partial charge in [-0.25, -0.2) is 0 Å². The second-order valence-corrected chi connectivity index (χ2v) is 6.01. The molecule has 0 radical (unpaired) electrons. The van der Waals surface area contributed by atoms with Crippen molar-refractivity contribution in [3.05, 3.63) is 0 Å². The van der Waals surface area contributed by atoms with Gasteiger partial charge in [-0.2, -0.15) is 0 Å². The number of hydrogen-bond acceptors (Lipinski definition) is 4. The molecule has 5 heteroatoms. The Morgan fingerprint density at radius 3 is 1.80 bits per heavy atom. The Morgan fingerprint density at radius 2 is 1.40 bits per heavy atom. The predicted molar refractivity (Wildman–Crippen MR) is 86.2 cm³/mol. The third kappa shape index (κ3) is 6.72. The normalized spacial score (nSPS) is 33.6. The van der Waals surface area contributed by atoms with Crippen LogP contribution < -0.4 is 11.1 Å². The molecule has 0 aromatic heterocycles. The molecule has 0 aromatic carbocycles. The van der Waals surface area contributed by atoms with Crippen molar-refractivity contribution < 1.29 is 10.2 Å². The summed E-state index contributed by atoms with van der Waals surface area (Å²) in [5.41, 5.74) is 5.73. The Balaban J connectivity index is 0.000000345. The summed E-state index contributed by atoms with van der Waals surface area (Å²) in [6.45, 7) is 0.632. The number of aliphatic hydroxyl groups is 2. The summed E-state index contributed by atoms with van der Waals surface area (Å²) in [4.78, 5) is 0. The summed E-state index contributed by atoms with van der Waals surface area (Å²) < 4.78 is 0. The SMILES string of the molecule is CN[C@@H]1CCCC[C@@H]1CO.Cl.N[C@@H]1CCCC[C@@H]1CO. The van der Waals surface area contributed by atoms with Crippen LogP contribution in [0.25, 0.3) is 0 Å². The van der Waals surface area contributed by atoms with Crippen LogP contribution in [0.3, 0.4) is 0 Å². The molecule has 0 spiro atoms. The van der Waals surface area contributed by atoms with Crippen LogP contribution in [0.1, 0.15) is 51.4 Å². The summed E-state index contributed by atoms with van der Waals surface area (Å²) in [6.07, 6.45) is 9.77. The van der Waals surface area contributed by atoms with E-state index in [1.54, 1.807) is 0 Å². The van der Waals surface area contributed by atoms with Crippen molar-refractivity contribution in [3.63, 3.8) is 0 Å². The lowest BCUT2D eigenvalue weighted by Crippen LogP contribution is -2.37. The molecule has 0 amide bonds. The Bertz CT molecular complexity index is 220. The highest BCUT2D eigenvalue weighted by molar-refractivity contribution is 5.85. The fourth-order valence-corrected chi connectivity index (χ4v) is 3.27. The molecule has 2 rings (SSSR count). The van der Waals surface area contributed by atoms with Gasteiger partial charge in [0, 0.05) is 25.3 Å². The van der Waals surface area contributed by atoms with E-state index >= 15 is 0 Å². The van der Waals surface area contributed by atoms with Gasteiger partial charge in [0.05, 0.1) is 0 Å². The maximum Gasteiger partial charge on any atom is 0.0474 e. The lowest BCUT2D eigenvalue weighted by Gasteiger charge is -2.29. The Morgan fingerprint density at radius 1 is 0.900 bits per heavy atom. The molecule has 122 valence electrons. The molecule has 0 aliphatic heterocycles.